The third kappa shape index (κ3) is 5.04. The second-order valence-corrected chi connectivity index (χ2v) is 8.87. The number of ether oxygens (including phenoxy) is 2. The molecule has 2 heterocycles. The average molecular weight is 479 g/mol. The van der Waals surface area contributed by atoms with Crippen LogP contribution in [0.1, 0.15) is 51.8 Å². The fourth-order valence-corrected chi connectivity index (χ4v) is 4.54. The number of unbranched alkanes of at least 4 members (excludes halogenated alkanes) is 2. The predicted octanol–water partition coefficient (Wildman–Crippen LogP) is 5.19. The SMILES string of the molecule is CCCCCSc1nnc2c(n1)O[C@@H](c1ccccc1OC(C)=O)N(C(C)=O)c1ccccc1-2. The summed E-state index contributed by atoms with van der Waals surface area (Å²) in [5.41, 5.74) is 2.26. The highest BCUT2D eigenvalue weighted by molar-refractivity contribution is 7.99. The topological polar surface area (TPSA) is 94.5 Å². The molecule has 0 spiro atoms. The first-order valence-electron chi connectivity index (χ1n) is 11.2. The maximum absolute atomic E-state index is 12.9. The van der Waals surface area contributed by atoms with E-state index in [1.54, 1.807) is 24.3 Å². The van der Waals surface area contributed by atoms with Gasteiger partial charge in [-0.1, -0.05) is 61.9 Å². The molecule has 176 valence electrons. The molecule has 0 N–H and O–H groups in total. The van der Waals surface area contributed by atoms with Gasteiger partial charge >= 0.3 is 5.97 Å². The minimum absolute atomic E-state index is 0.245. The number of thioether (sulfide) groups is 1. The van der Waals surface area contributed by atoms with Crippen LogP contribution in [0.5, 0.6) is 11.6 Å². The van der Waals surface area contributed by atoms with Crippen molar-refractivity contribution in [2.75, 3.05) is 10.7 Å². The van der Waals surface area contributed by atoms with E-state index in [1.165, 1.54) is 30.5 Å². The van der Waals surface area contributed by atoms with E-state index in [1.807, 2.05) is 24.3 Å². The molecule has 1 amide bonds. The number of carbonyl (C=O) groups excluding carboxylic acids is 2. The van der Waals surface area contributed by atoms with Crippen molar-refractivity contribution in [3.05, 3.63) is 54.1 Å². The Morgan fingerprint density at radius 1 is 1.06 bits per heavy atom. The fraction of sp³-hybridized carbons (Fsp3) is 0.320. The number of rotatable bonds is 7. The number of benzene rings is 2. The van der Waals surface area contributed by atoms with Crippen LogP contribution in [0.25, 0.3) is 11.3 Å². The van der Waals surface area contributed by atoms with Gasteiger partial charge in [0.15, 0.2) is 5.69 Å². The maximum Gasteiger partial charge on any atom is 0.308 e. The lowest BCUT2D eigenvalue weighted by atomic mass is 10.1. The normalized spacial score (nSPS) is 14.4. The highest BCUT2D eigenvalue weighted by Crippen LogP contribution is 2.44. The molecule has 1 aromatic heterocycles. The van der Waals surface area contributed by atoms with E-state index < -0.39 is 12.2 Å². The van der Waals surface area contributed by atoms with Gasteiger partial charge in [0.1, 0.15) is 5.75 Å². The molecule has 0 aliphatic carbocycles. The third-order valence-electron chi connectivity index (χ3n) is 5.27. The molecule has 34 heavy (non-hydrogen) atoms. The van der Waals surface area contributed by atoms with Gasteiger partial charge in [-0.25, -0.2) is 0 Å². The molecule has 9 heteroatoms. The van der Waals surface area contributed by atoms with E-state index in [0.717, 1.165) is 25.0 Å². The molecule has 1 atom stereocenters. The Balaban J connectivity index is 1.83. The van der Waals surface area contributed by atoms with Crippen molar-refractivity contribution in [1.29, 1.82) is 0 Å². The van der Waals surface area contributed by atoms with Crippen molar-refractivity contribution < 1.29 is 19.1 Å². The molecule has 1 aliphatic rings. The van der Waals surface area contributed by atoms with Crippen LogP contribution in [0, 0.1) is 0 Å². The molecule has 0 saturated carbocycles. The van der Waals surface area contributed by atoms with Crippen molar-refractivity contribution in [3.8, 4) is 22.9 Å². The number of hydrogen-bond donors (Lipinski definition) is 0. The van der Waals surface area contributed by atoms with Gasteiger partial charge in [0.2, 0.25) is 23.2 Å². The zero-order chi connectivity index (χ0) is 24.1. The van der Waals surface area contributed by atoms with Gasteiger partial charge in [0.05, 0.1) is 11.3 Å². The molecule has 8 nitrogen and oxygen atoms in total. The number of anilines is 1. The molecule has 1 aliphatic heterocycles. The van der Waals surface area contributed by atoms with Crippen LogP contribution in [0.3, 0.4) is 0 Å². The van der Waals surface area contributed by atoms with E-state index in [2.05, 4.69) is 22.1 Å². The second kappa shape index (κ2) is 10.6. The van der Waals surface area contributed by atoms with Crippen LogP contribution < -0.4 is 14.4 Å². The lowest BCUT2D eigenvalue weighted by Crippen LogP contribution is -2.36. The van der Waals surface area contributed by atoms with Crippen molar-refractivity contribution in [1.82, 2.24) is 15.2 Å². The highest BCUT2D eigenvalue weighted by Gasteiger charge is 2.36. The molecule has 3 aromatic rings. The second-order valence-electron chi connectivity index (χ2n) is 7.81. The van der Waals surface area contributed by atoms with Gasteiger partial charge < -0.3 is 9.47 Å². The zero-order valence-electron chi connectivity index (χ0n) is 19.4. The van der Waals surface area contributed by atoms with Crippen molar-refractivity contribution in [3.63, 3.8) is 0 Å². The molecular weight excluding hydrogens is 452 g/mol. The van der Waals surface area contributed by atoms with Crippen molar-refractivity contribution in [2.24, 2.45) is 0 Å². The number of amides is 1. The summed E-state index contributed by atoms with van der Waals surface area (Å²) in [5, 5.41) is 9.24. The van der Waals surface area contributed by atoms with Gasteiger partial charge in [-0.3, -0.25) is 14.5 Å². The standard InChI is InChI=1S/C25H26N4O4S/c1-4-5-10-15-34-25-26-23-22(27-28-25)18-11-6-8-13-20(18)29(16(2)30)24(33-23)19-12-7-9-14-21(19)32-17(3)31/h6-9,11-14,24H,4-5,10,15H2,1-3H3/t24-/m0/s1. The largest absolute Gasteiger partial charge is 0.447 e. The Morgan fingerprint density at radius 3 is 2.59 bits per heavy atom. The molecule has 0 bridgehead atoms. The Hall–Kier alpha value is -3.46. The van der Waals surface area contributed by atoms with Gasteiger partial charge in [-0.05, 0) is 24.6 Å². The fourth-order valence-electron chi connectivity index (χ4n) is 3.76. The average Bonchev–Trinajstić information content (AvgIpc) is 2.96. The van der Waals surface area contributed by atoms with Crippen LogP contribution >= 0.6 is 11.8 Å². The van der Waals surface area contributed by atoms with Gasteiger partial charge in [-0.2, -0.15) is 4.98 Å². The highest BCUT2D eigenvalue weighted by atomic mass is 32.2. The van der Waals surface area contributed by atoms with E-state index in [9.17, 15) is 9.59 Å². The van der Waals surface area contributed by atoms with E-state index in [0.29, 0.717) is 33.4 Å². The number of esters is 1. The number of para-hydroxylation sites is 2. The molecule has 4 rings (SSSR count). The van der Waals surface area contributed by atoms with Gasteiger partial charge in [0, 0.05) is 25.2 Å². The van der Waals surface area contributed by atoms with E-state index >= 15 is 0 Å². The minimum Gasteiger partial charge on any atom is -0.447 e. The number of carbonyl (C=O) groups is 2. The van der Waals surface area contributed by atoms with E-state index in [4.69, 9.17) is 9.47 Å². The lowest BCUT2D eigenvalue weighted by Gasteiger charge is -2.30. The Labute approximate surface area is 202 Å². The number of hydrogen-bond acceptors (Lipinski definition) is 8. The first-order chi connectivity index (χ1) is 16.5. The summed E-state index contributed by atoms with van der Waals surface area (Å²) in [6.07, 6.45) is 2.40. The third-order valence-corrected chi connectivity index (χ3v) is 6.19. The quantitative estimate of drug-likeness (QED) is 0.198. The van der Waals surface area contributed by atoms with Crippen LogP contribution in [-0.2, 0) is 9.59 Å². The van der Waals surface area contributed by atoms with E-state index in [-0.39, 0.29) is 11.8 Å². The van der Waals surface area contributed by atoms with Crippen LogP contribution in [-0.4, -0.2) is 32.8 Å². The van der Waals surface area contributed by atoms with Crippen molar-refractivity contribution in [2.45, 2.75) is 51.4 Å². The van der Waals surface area contributed by atoms with Gasteiger partial charge in [0.25, 0.3) is 0 Å². The zero-order valence-corrected chi connectivity index (χ0v) is 20.2. The summed E-state index contributed by atoms with van der Waals surface area (Å²) in [6, 6.07) is 14.4. The number of aromatic nitrogens is 3. The first-order valence-corrected chi connectivity index (χ1v) is 12.2. The summed E-state index contributed by atoms with van der Waals surface area (Å²) in [4.78, 5) is 30.8. The summed E-state index contributed by atoms with van der Waals surface area (Å²) >= 11 is 1.52. The summed E-state index contributed by atoms with van der Waals surface area (Å²) in [6.45, 7) is 4.95. The Kier molecular flexibility index (Phi) is 7.42. The van der Waals surface area contributed by atoms with Crippen LogP contribution in [0.4, 0.5) is 5.69 Å². The minimum atomic E-state index is -0.926. The molecule has 0 saturated heterocycles. The smallest absolute Gasteiger partial charge is 0.308 e. The van der Waals surface area contributed by atoms with Crippen molar-refractivity contribution >= 4 is 29.3 Å². The lowest BCUT2D eigenvalue weighted by molar-refractivity contribution is -0.132. The number of nitrogens with zero attached hydrogens (tertiary/aromatic N) is 4. The summed E-state index contributed by atoms with van der Waals surface area (Å²) in [7, 11) is 0. The molecule has 0 unspecified atom stereocenters. The molecule has 0 radical (unpaired) electrons. The monoisotopic (exact) mass is 478 g/mol. The molecule has 2 aromatic carbocycles. The summed E-state index contributed by atoms with van der Waals surface area (Å²) < 4.78 is 11.8. The van der Waals surface area contributed by atoms with Gasteiger partial charge in [-0.15, -0.1) is 10.2 Å². The molecular formula is C25H26N4O4S. The van der Waals surface area contributed by atoms with Crippen LogP contribution in [0.2, 0.25) is 0 Å². The molecule has 0 fully saturated rings. The Bertz CT molecular complexity index is 1200. The maximum atomic E-state index is 12.9. The number of fused-ring (bicyclic) bond motifs is 3. The first kappa shape index (κ1) is 23.7. The summed E-state index contributed by atoms with van der Waals surface area (Å²) in [5.74, 6) is 0.745. The predicted molar refractivity (Wildman–Crippen MR) is 130 cm³/mol. The van der Waals surface area contributed by atoms with Crippen LogP contribution in [0.15, 0.2) is 53.7 Å². The Morgan fingerprint density at radius 2 is 1.82 bits per heavy atom.